The Kier molecular flexibility index (Phi) is 5.57. The summed E-state index contributed by atoms with van der Waals surface area (Å²) < 4.78 is 5.07. The van der Waals surface area contributed by atoms with E-state index in [1.54, 1.807) is 7.11 Å². The van der Waals surface area contributed by atoms with Crippen LogP contribution in [0.1, 0.15) is 18.4 Å². The van der Waals surface area contributed by atoms with Gasteiger partial charge in [-0.2, -0.15) is 0 Å². The van der Waals surface area contributed by atoms with Gasteiger partial charge in [-0.3, -0.25) is 10.1 Å². The lowest BCUT2D eigenvalue weighted by Crippen LogP contribution is -2.44. The number of carbonyl (C=O) groups is 2. The standard InChI is InChI=1S/C15H21N3O3/c1-21-13-4-2-11(3-5-13)10-17-15(20)18-14(19)12-6-8-16-9-7-12/h2-5,12,16H,6-10H2,1H3,(H2,17,18,19,20). The number of methoxy groups -OCH3 is 1. The second-order valence-corrected chi connectivity index (χ2v) is 5.04. The second kappa shape index (κ2) is 7.64. The highest BCUT2D eigenvalue weighted by molar-refractivity contribution is 5.95. The maximum atomic E-state index is 11.9. The van der Waals surface area contributed by atoms with Crippen LogP contribution in [0, 0.1) is 5.92 Å². The van der Waals surface area contributed by atoms with E-state index in [1.165, 1.54) is 0 Å². The third-order valence-corrected chi connectivity index (χ3v) is 3.56. The molecule has 1 saturated heterocycles. The molecule has 0 unspecified atom stereocenters. The molecule has 1 aromatic rings. The van der Waals surface area contributed by atoms with E-state index in [-0.39, 0.29) is 11.8 Å². The molecule has 0 spiro atoms. The van der Waals surface area contributed by atoms with Crippen molar-refractivity contribution in [3.63, 3.8) is 0 Å². The molecule has 6 nitrogen and oxygen atoms in total. The summed E-state index contributed by atoms with van der Waals surface area (Å²) in [5, 5.41) is 8.27. The number of ether oxygens (including phenoxy) is 1. The average Bonchev–Trinajstić information content (AvgIpc) is 2.54. The van der Waals surface area contributed by atoms with E-state index < -0.39 is 6.03 Å². The first-order valence-electron chi connectivity index (χ1n) is 7.11. The third kappa shape index (κ3) is 4.75. The summed E-state index contributed by atoms with van der Waals surface area (Å²) in [6.45, 7) is 2.02. The Morgan fingerprint density at radius 3 is 2.52 bits per heavy atom. The van der Waals surface area contributed by atoms with Gasteiger partial charge in [-0.25, -0.2) is 4.79 Å². The van der Waals surface area contributed by atoms with Crippen LogP contribution in [-0.2, 0) is 11.3 Å². The van der Waals surface area contributed by atoms with Crippen LogP contribution in [0.2, 0.25) is 0 Å². The molecule has 1 heterocycles. The zero-order chi connectivity index (χ0) is 15.1. The Labute approximate surface area is 124 Å². The van der Waals surface area contributed by atoms with Crippen LogP contribution in [0.3, 0.4) is 0 Å². The molecule has 6 heteroatoms. The van der Waals surface area contributed by atoms with Gasteiger partial charge >= 0.3 is 6.03 Å². The van der Waals surface area contributed by atoms with Crippen LogP contribution in [0.5, 0.6) is 5.75 Å². The van der Waals surface area contributed by atoms with Gasteiger partial charge in [0.05, 0.1) is 7.11 Å². The molecule has 1 aliphatic heterocycles. The van der Waals surface area contributed by atoms with Crippen LogP contribution in [0.25, 0.3) is 0 Å². The summed E-state index contributed by atoms with van der Waals surface area (Å²) in [5.74, 6) is 0.506. The van der Waals surface area contributed by atoms with Crippen molar-refractivity contribution < 1.29 is 14.3 Å². The fourth-order valence-corrected chi connectivity index (χ4v) is 2.27. The number of imide groups is 1. The van der Waals surface area contributed by atoms with Crippen molar-refractivity contribution in [2.75, 3.05) is 20.2 Å². The Hall–Kier alpha value is -2.08. The SMILES string of the molecule is COc1ccc(CNC(=O)NC(=O)C2CCNCC2)cc1. The molecule has 3 amide bonds. The first-order chi connectivity index (χ1) is 10.2. The minimum atomic E-state index is -0.450. The Bertz CT molecular complexity index is 481. The van der Waals surface area contributed by atoms with Gasteiger partial charge in [0.15, 0.2) is 0 Å². The molecule has 3 N–H and O–H groups in total. The van der Waals surface area contributed by atoms with E-state index in [4.69, 9.17) is 4.74 Å². The number of hydrogen-bond donors (Lipinski definition) is 3. The van der Waals surface area contributed by atoms with Crippen LogP contribution < -0.4 is 20.7 Å². The van der Waals surface area contributed by atoms with Gasteiger partial charge in [-0.05, 0) is 43.6 Å². The zero-order valence-corrected chi connectivity index (χ0v) is 12.1. The van der Waals surface area contributed by atoms with Crippen molar-refractivity contribution in [3.05, 3.63) is 29.8 Å². The first-order valence-corrected chi connectivity index (χ1v) is 7.11. The predicted octanol–water partition coefficient (Wildman–Crippen LogP) is 1.02. The molecule has 0 saturated carbocycles. The number of carbonyl (C=O) groups excluding carboxylic acids is 2. The quantitative estimate of drug-likeness (QED) is 0.774. The predicted molar refractivity (Wildman–Crippen MR) is 79.0 cm³/mol. The number of piperidine rings is 1. The number of rotatable bonds is 4. The van der Waals surface area contributed by atoms with Gasteiger partial charge in [0.2, 0.25) is 5.91 Å². The average molecular weight is 291 g/mol. The van der Waals surface area contributed by atoms with Gasteiger partial charge in [-0.15, -0.1) is 0 Å². The van der Waals surface area contributed by atoms with E-state index in [0.29, 0.717) is 6.54 Å². The van der Waals surface area contributed by atoms with Crippen LogP contribution in [0.15, 0.2) is 24.3 Å². The highest BCUT2D eigenvalue weighted by Crippen LogP contribution is 2.12. The molecular weight excluding hydrogens is 270 g/mol. The lowest BCUT2D eigenvalue weighted by molar-refractivity contribution is -0.124. The minimum absolute atomic E-state index is 0.0713. The van der Waals surface area contributed by atoms with E-state index in [2.05, 4.69) is 16.0 Å². The van der Waals surface area contributed by atoms with Crippen molar-refractivity contribution in [3.8, 4) is 5.75 Å². The molecule has 0 radical (unpaired) electrons. The Morgan fingerprint density at radius 1 is 1.24 bits per heavy atom. The zero-order valence-electron chi connectivity index (χ0n) is 12.1. The summed E-state index contributed by atoms with van der Waals surface area (Å²) in [4.78, 5) is 23.6. The maximum Gasteiger partial charge on any atom is 0.321 e. The Balaban J connectivity index is 1.74. The summed E-state index contributed by atoms with van der Waals surface area (Å²) in [6.07, 6.45) is 1.55. The molecule has 0 bridgehead atoms. The number of hydrogen-bond acceptors (Lipinski definition) is 4. The van der Waals surface area contributed by atoms with E-state index in [9.17, 15) is 9.59 Å². The van der Waals surface area contributed by atoms with Crippen LogP contribution >= 0.6 is 0 Å². The molecule has 0 atom stereocenters. The lowest BCUT2D eigenvalue weighted by Gasteiger charge is -2.21. The lowest BCUT2D eigenvalue weighted by atomic mass is 9.97. The summed E-state index contributed by atoms with van der Waals surface area (Å²) >= 11 is 0. The van der Waals surface area contributed by atoms with E-state index in [1.807, 2.05) is 24.3 Å². The molecule has 1 aromatic carbocycles. The van der Waals surface area contributed by atoms with Gasteiger partial charge in [0.25, 0.3) is 0 Å². The molecule has 2 rings (SSSR count). The number of benzene rings is 1. The molecule has 0 aliphatic carbocycles. The highest BCUT2D eigenvalue weighted by atomic mass is 16.5. The monoisotopic (exact) mass is 291 g/mol. The summed E-state index contributed by atoms with van der Waals surface area (Å²) in [6, 6.07) is 6.94. The summed E-state index contributed by atoms with van der Waals surface area (Å²) in [5.41, 5.74) is 0.945. The van der Waals surface area contributed by atoms with Crippen LogP contribution in [-0.4, -0.2) is 32.1 Å². The molecular formula is C15H21N3O3. The van der Waals surface area contributed by atoms with Crippen molar-refractivity contribution in [2.45, 2.75) is 19.4 Å². The third-order valence-electron chi connectivity index (χ3n) is 3.56. The van der Waals surface area contributed by atoms with Gasteiger partial charge in [0, 0.05) is 12.5 Å². The summed E-state index contributed by atoms with van der Waals surface area (Å²) in [7, 11) is 1.60. The van der Waals surface area contributed by atoms with Gasteiger partial charge < -0.3 is 15.4 Å². The van der Waals surface area contributed by atoms with Crippen molar-refractivity contribution in [1.29, 1.82) is 0 Å². The maximum absolute atomic E-state index is 11.9. The van der Waals surface area contributed by atoms with Crippen LogP contribution in [0.4, 0.5) is 4.79 Å². The number of amides is 3. The van der Waals surface area contributed by atoms with Crippen molar-refractivity contribution in [2.24, 2.45) is 5.92 Å². The molecule has 1 aliphatic rings. The van der Waals surface area contributed by atoms with E-state index >= 15 is 0 Å². The fourth-order valence-electron chi connectivity index (χ4n) is 2.27. The fraction of sp³-hybridized carbons (Fsp3) is 0.467. The van der Waals surface area contributed by atoms with Gasteiger partial charge in [0.1, 0.15) is 5.75 Å². The van der Waals surface area contributed by atoms with E-state index in [0.717, 1.165) is 37.2 Å². The second-order valence-electron chi connectivity index (χ2n) is 5.04. The largest absolute Gasteiger partial charge is 0.497 e. The molecule has 21 heavy (non-hydrogen) atoms. The minimum Gasteiger partial charge on any atom is -0.497 e. The highest BCUT2D eigenvalue weighted by Gasteiger charge is 2.22. The normalized spacial score (nSPS) is 15.3. The number of nitrogens with one attached hydrogen (secondary N) is 3. The van der Waals surface area contributed by atoms with Gasteiger partial charge in [-0.1, -0.05) is 12.1 Å². The van der Waals surface area contributed by atoms with Crippen molar-refractivity contribution >= 4 is 11.9 Å². The smallest absolute Gasteiger partial charge is 0.321 e. The Morgan fingerprint density at radius 2 is 1.90 bits per heavy atom. The number of urea groups is 1. The molecule has 114 valence electrons. The first kappa shape index (κ1) is 15.3. The molecule has 1 fully saturated rings. The van der Waals surface area contributed by atoms with Crippen molar-refractivity contribution in [1.82, 2.24) is 16.0 Å². The topological polar surface area (TPSA) is 79.5 Å². The molecule has 0 aromatic heterocycles.